The number of aromatic nitrogens is 1. The molecule has 0 saturated heterocycles. The summed E-state index contributed by atoms with van der Waals surface area (Å²) in [6.45, 7) is 0.362. The number of sulfone groups is 1. The molecule has 0 atom stereocenters. The molecule has 1 heterocycles. The van der Waals surface area contributed by atoms with Crippen LogP contribution in [0.15, 0.2) is 82.6 Å². The van der Waals surface area contributed by atoms with Crippen LogP contribution in [0.1, 0.15) is 15.9 Å². The molecule has 3 aromatic carbocycles. The lowest BCUT2D eigenvalue weighted by Gasteiger charge is -2.21. The van der Waals surface area contributed by atoms with Gasteiger partial charge in [0.15, 0.2) is 15.0 Å². The van der Waals surface area contributed by atoms with Crippen LogP contribution in [-0.4, -0.2) is 31.8 Å². The molecule has 0 fully saturated rings. The third kappa shape index (κ3) is 4.66. The second kappa shape index (κ2) is 8.82. The molecule has 158 valence electrons. The summed E-state index contributed by atoms with van der Waals surface area (Å²) >= 11 is 2.84. The summed E-state index contributed by atoms with van der Waals surface area (Å²) in [4.78, 5) is 21.1. The summed E-state index contributed by atoms with van der Waals surface area (Å²) in [6, 6.07) is 22.1. The zero-order valence-electron chi connectivity index (χ0n) is 17.0. The van der Waals surface area contributed by atoms with E-state index in [1.54, 1.807) is 23.1 Å². The van der Waals surface area contributed by atoms with E-state index in [-0.39, 0.29) is 10.8 Å². The van der Waals surface area contributed by atoms with Crippen molar-refractivity contribution in [2.45, 2.75) is 16.3 Å². The van der Waals surface area contributed by atoms with Gasteiger partial charge in [-0.3, -0.25) is 9.69 Å². The van der Waals surface area contributed by atoms with Crippen molar-refractivity contribution in [1.82, 2.24) is 4.98 Å². The van der Waals surface area contributed by atoms with E-state index in [9.17, 15) is 13.2 Å². The molecule has 4 aromatic rings. The Labute approximate surface area is 189 Å². The molecule has 0 aliphatic rings. The molecule has 0 N–H and O–H groups in total. The molecule has 0 radical (unpaired) electrons. The summed E-state index contributed by atoms with van der Waals surface area (Å²) < 4.78 is 24.6. The highest BCUT2D eigenvalue weighted by Crippen LogP contribution is 2.33. The number of benzene rings is 3. The van der Waals surface area contributed by atoms with E-state index < -0.39 is 9.84 Å². The Balaban J connectivity index is 1.81. The standard InChI is InChI=1S/C23H20N2O3S3/c1-29-20-11-7-6-10-18(20)22(26)25(15-16-8-4-3-5-9-16)23-24-19-13-12-17(31(2,27)28)14-21(19)30-23/h3-14H,15H2,1-2H3. The minimum atomic E-state index is -3.33. The van der Waals surface area contributed by atoms with E-state index in [4.69, 9.17) is 0 Å². The Kier molecular flexibility index (Phi) is 6.13. The maximum atomic E-state index is 13.6. The van der Waals surface area contributed by atoms with Gasteiger partial charge >= 0.3 is 0 Å². The molecular weight excluding hydrogens is 448 g/mol. The number of hydrogen-bond acceptors (Lipinski definition) is 6. The molecule has 31 heavy (non-hydrogen) atoms. The van der Waals surface area contributed by atoms with Crippen LogP contribution >= 0.6 is 23.1 Å². The van der Waals surface area contributed by atoms with Gasteiger partial charge < -0.3 is 0 Å². The molecule has 4 rings (SSSR count). The van der Waals surface area contributed by atoms with Gasteiger partial charge in [-0.05, 0) is 42.2 Å². The largest absolute Gasteiger partial charge is 0.279 e. The number of amides is 1. The Morgan fingerprint density at radius 1 is 1.03 bits per heavy atom. The second-order valence-electron chi connectivity index (χ2n) is 6.98. The minimum absolute atomic E-state index is 0.142. The highest BCUT2D eigenvalue weighted by molar-refractivity contribution is 7.98. The first-order valence-corrected chi connectivity index (χ1v) is 13.4. The lowest BCUT2D eigenvalue weighted by molar-refractivity contribution is 0.0982. The summed E-state index contributed by atoms with van der Waals surface area (Å²) in [6.07, 6.45) is 3.12. The number of hydrogen-bond donors (Lipinski definition) is 0. The van der Waals surface area contributed by atoms with Crippen LogP contribution in [0.25, 0.3) is 10.2 Å². The van der Waals surface area contributed by atoms with E-state index in [1.807, 2.05) is 60.9 Å². The molecule has 1 aromatic heterocycles. The van der Waals surface area contributed by atoms with Crippen molar-refractivity contribution in [1.29, 1.82) is 0 Å². The van der Waals surface area contributed by atoms with Gasteiger partial charge in [-0.1, -0.05) is 53.8 Å². The van der Waals surface area contributed by atoms with Gasteiger partial charge in [0, 0.05) is 11.2 Å². The second-order valence-corrected chi connectivity index (χ2v) is 10.8. The molecular formula is C23H20N2O3S3. The van der Waals surface area contributed by atoms with Crippen LogP contribution in [0, 0.1) is 0 Å². The predicted octanol–water partition coefficient (Wildman–Crippen LogP) is 5.27. The number of thioether (sulfide) groups is 1. The molecule has 0 spiro atoms. The van der Waals surface area contributed by atoms with Gasteiger partial charge in [-0.15, -0.1) is 11.8 Å². The van der Waals surface area contributed by atoms with Gasteiger partial charge in [-0.25, -0.2) is 13.4 Å². The molecule has 0 unspecified atom stereocenters. The van der Waals surface area contributed by atoms with Crippen molar-refractivity contribution < 1.29 is 13.2 Å². The first kappa shape index (κ1) is 21.5. The van der Waals surface area contributed by atoms with Crippen LogP contribution in [0.5, 0.6) is 0 Å². The first-order valence-electron chi connectivity index (χ1n) is 9.46. The summed E-state index contributed by atoms with van der Waals surface area (Å²) in [5.74, 6) is -0.142. The van der Waals surface area contributed by atoms with Crippen molar-refractivity contribution >= 4 is 54.2 Å². The maximum Gasteiger partial charge on any atom is 0.261 e. The highest BCUT2D eigenvalue weighted by atomic mass is 32.2. The SMILES string of the molecule is CSc1ccccc1C(=O)N(Cc1ccccc1)c1nc2ccc(S(C)(=O)=O)cc2s1. The Bertz CT molecular complexity index is 1350. The third-order valence-electron chi connectivity index (χ3n) is 4.77. The van der Waals surface area contributed by atoms with Gasteiger partial charge in [0.05, 0.1) is 27.2 Å². The van der Waals surface area contributed by atoms with Gasteiger partial charge in [0.1, 0.15) is 0 Å². The van der Waals surface area contributed by atoms with Crippen LogP contribution in [0.4, 0.5) is 5.13 Å². The number of nitrogens with zero attached hydrogens (tertiary/aromatic N) is 2. The predicted molar refractivity (Wildman–Crippen MR) is 128 cm³/mol. The van der Waals surface area contributed by atoms with Crippen LogP contribution in [-0.2, 0) is 16.4 Å². The van der Waals surface area contributed by atoms with Crippen molar-refractivity contribution in [3.8, 4) is 0 Å². The van der Waals surface area contributed by atoms with Crippen LogP contribution < -0.4 is 4.90 Å². The van der Waals surface area contributed by atoms with Crippen molar-refractivity contribution in [3.05, 3.63) is 83.9 Å². The Hall–Kier alpha value is -2.68. The van der Waals surface area contributed by atoms with E-state index >= 15 is 0 Å². The average Bonchev–Trinajstić information content (AvgIpc) is 3.20. The van der Waals surface area contributed by atoms with Crippen LogP contribution in [0.2, 0.25) is 0 Å². The maximum absolute atomic E-state index is 13.6. The first-order chi connectivity index (χ1) is 14.9. The molecule has 8 heteroatoms. The van der Waals surface area contributed by atoms with E-state index in [0.29, 0.717) is 22.8 Å². The molecule has 1 amide bonds. The van der Waals surface area contributed by atoms with Crippen molar-refractivity contribution in [2.75, 3.05) is 17.4 Å². The van der Waals surface area contributed by atoms with E-state index in [1.165, 1.54) is 29.4 Å². The van der Waals surface area contributed by atoms with Gasteiger partial charge in [0.2, 0.25) is 0 Å². The summed E-state index contributed by atoms with van der Waals surface area (Å²) in [5, 5.41) is 0.533. The van der Waals surface area contributed by atoms with E-state index in [2.05, 4.69) is 4.98 Å². The van der Waals surface area contributed by atoms with Crippen LogP contribution in [0.3, 0.4) is 0 Å². The lowest BCUT2D eigenvalue weighted by Crippen LogP contribution is -2.30. The topological polar surface area (TPSA) is 67.3 Å². The smallest absolute Gasteiger partial charge is 0.261 e. The summed E-state index contributed by atoms with van der Waals surface area (Å²) in [7, 11) is -3.33. The number of thiazole rings is 1. The number of carbonyl (C=O) groups excluding carboxylic acids is 1. The highest BCUT2D eigenvalue weighted by Gasteiger charge is 2.24. The third-order valence-corrected chi connectivity index (χ3v) is 7.72. The monoisotopic (exact) mass is 468 g/mol. The average molecular weight is 469 g/mol. The number of carbonyl (C=O) groups is 1. The fraction of sp³-hybridized carbons (Fsp3) is 0.130. The number of fused-ring (bicyclic) bond motifs is 1. The Morgan fingerprint density at radius 2 is 1.74 bits per heavy atom. The molecule has 5 nitrogen and oxygen atoms in total. The fourth-order valence-electron chi connectivity index (χ4n) is 3.20. The fourth-order valence-corrected chi connectivity index (χ4v) is 5.51. The molecule has 0 saturated carbocycles. The normalized spacial score (nSPS) is 11.5. The summed E-state index contributed by atoms with van der Waals surface area (Å²) in [5.41, 5.74) is 2.26. The zero-order valence-corrected chi connectivity index (χ0v) is 19.4. The van der Waals surface area contributed by atoms with E-state index in [0.717, 1.165) is 15.2 Å². The van der Waals surface area contributed by atoms with Gasteiger partial charge in [0.25, 0.3) is 5.91 Å². The molecule has 0 aliphatic carbocycles. The van der Waals surface area contributed by atoms with Crippen molar-refractivity contribution in [3.63, 3.8) is 0 Å². The van der Waals surface area contributed by atoms with Gasteiger partial charge in [-0.2, -0.15) is 0 Å². The van der Waals surface area contributed by atoms with Crippen molar-refractivity contribution in [2.24, 2.45) is 0 Å². The lowest BCUT2D eigenvalue weighted by atomic mass is 10.1. The quantitative estimate of drug-likeness (QED) is 0.361. The molecule has 0 aliphatic heterocycles. The minimum Gasteiger partial charge on any atom is -0.279 e. The number of anilines is 1. The molecule has 0 bridgehead atoms. The number of rotatable bonds is 6. The zero-order chi connectivity index (χ0) is 22.0. The Morgan fingerprint density at radius 3 is 2.45 bits per heavy atom.